The van der Waals surface area contributed by atoms with Crippen LogP contribution in [0.5, 0.6) is 0 Å². The fraction of sp³-hybridized carbons (Fsp3) is 0.875. The van der Waals surface area contributed by atoms with Crippen molar-refractivity contribution in [3.05, 3.63) is 0 Å². The van der Waals surface area contributed by atoms with E-state index in [0.29, 0.717) is 0 Å². The lowest BCUT2D eigenvalue weighted by atomic mass is 10.2. The van der Waals surface area contributed by atoms with Crippen LogP contribution in [0.15, 0.2) is 0 Å². The van der Waals surface area contributed by atoms with Gasteiger partial charge < -0.3 is 4.74 Å². The molecule has 0 fully saturated rings. The van der Waals surface area contributed by atoms with Crippen LogP contribution < -0.4 is 0 Å². The van der Waals surface area contributed by atoms with Gasteiger partial charge in [0.1, 0.15) is 5.55 Å². The third kappa shape index (κ3) is 7.89. The first-order chi connectivity index (χ1) is 4.91. The molecule has 0 bridgehead atoms. The lowest BCUT2D eigenvalue weighted by molar-refractivity contribution is 0.312. The molecule has 0 N–H and O–H groups in total. The van der Waals surface area contributed by atoms with E-state index in [-0.39, 0.29) is 0 Å². The van der Waals surface area contributed by atoms with Gasteiger partial charge in [-0.05, 0) is 18.6 Å². The quantitative estimate of drug-likeness (QED) is 0.418. The Morgan fingerprint density at radius 3 is 2.50 bits per heavy atom. The molecule has 0 aromatic carbocycles. The van der Waals surface area contributed by atoms with E-state index in [4.69, 9.17) is 4.74 Å². The fourth-order valence-corrected chi connectivity index (χ4v) is 0.933. The summed E-state index contributed by atoms with van der Waals surface area (Å²) in [5.41, 5.74) is 1.35. The largest absolute Gasteiger partial charge is 0.490 e. The molecule has 60 valence electrons. The summed E-state index contributed by atoms with van der Waals surface area (Å²) in [6, 6.07) is 0. The molecule has 0 rings (SSSR count). The highest BCUT2D eigenvalue weighted by Gasteiger charge is 1.86. The highest BCUT2D eigenvalue weighted by atomic mass is 32.1. The first-order valence-corrected chi connectivity index (χ1v) is 4.44. The molecule has 0 amide bonds. The maximum absolute atomic E-state index is 4.90. The second-order valence-corrected chi connectivity index (χ2v) is 2.57. The molecule has 10 heavy (non-hydrogen) atoms. The predicted octanol–water partition coefficient (Wildman–Crippen LogP) is 2.93. The van der Waals surface area contributed by atoms with Gasteiger partial charge in [-0.1, -0.05) is 32.6 Å². The maximum atomic E-state index is 4.90. The van der Waals surface area contributed by atoms with Crippen LogP contribution in [-0.4, -0.2) is 12.2 Å². The van der Waals surface area contributed by atoms with E-state index in [1.807, 2.05) is 0 Å². The average molecular weight is 160 g/mol. The van der Waals surface area contributed by atoms with E-state index in [2.05, 4.69) is 19.1 Å². The Bertz CT molecular complexity index is 73.7. The highest BCUT2D eigenvalue weighted by molar-refractivity contribution is 7.78. The number of hydrogen-bond donors (Lipinski definition) is 0. The molecular formula is C8H16OS. The van der Waals surface area contributed by atoms with E-state index < -0.39 is 0 Å². The molecule has 0 radical (unpaired) electrons. The number of ether oxygens (including phenoxy) is 1. The maximum Gasteiger partial charge on any atom is 0.146 e. The summed E-state index contributed by atoms with van der Waals surface area (Å²) in [5, 5.41) is 0. The second kappa shape index (κ2) is 8.89. The molecule has 0 atom stereocenters. The molecule has 0 heterocycles. The summed E-state index contributed by atoms with van der Waals surface area (Å²) in [4.78, 5) is 0. The molecule has 0 aromatic heterocycles. The standard InChI is InChI=1S/C8H16OS/c1-2-3-4-5-6-7-9-8-10/h8H,2-7H2,1H3. The van der Waals surface area contributed by atoms with Crippen LogP contribution in [0.4, 0.5) is 0 Å². The summed E-state index contributed by atoms with van der Waals surface area (Å²) >= 11 is 4.51. The summed E-state index contributed by atoms with van der Waals surface area (Å²) in [5.74, 6) is 0. The summed E-state index contributed by atoms with van der Waals surface area (Å²) in [6.45, 7) is 3.01. The monoisotopic (exact) mass is 160 g/mol. The van der Waals surface area contributed by atoms with Crippen molar-refractivity contribution in [2.75, 3.05) is 6.61 Å². The van der Waals surface area contributed by atoms with Gasteiger partial charge in [-0.3, -0.25) is 0 Å². The normalized spacial score (nSPS) is 9.30. The van der Waals surface area contributed by atoms with Gasteiger partial charge in [0.05, 0.1) is 6.61 Å². The zero-order valence-corrected chi connectivity index (χ0v) is 7.45. The van der Waals surface area contributed by atoms with Crippen LogP contribution in [0.25, 0.3) is 0 Å². The van der Waals surface area contributed by atoms with Crippen molar-refractivity contribution >= 4 is 17.8 Å². The zero-order chi connectivity index (χ0) is 7.66. The Kier molecular flexibility index (Phi) is 8.79. The highest BCUT2D eigenvalue weighted by Crippen LogP contribution is 2.01. The Hall–Kier alpha value is -0.110. The zero-order valence-electron chi connectivity index (χ0n) is 6.64. The number of rotatable bonds is 7. The first kappa shape index (κ1) is 9.89. The molecular weight excluding hydrogens is 144 g/mol. The molecule has 0 aliphatic heterocycles. The molecule has 0 aliphatic carbocycles. The third-order valence-electron chi connectivity index (χ3n) is 1.43. The minimum absolute atomic E-state index is 0.799. The van der Waals surface area contributed by atoms with E-state index in [0.717, 1.165) is 13.0 Å². The van der Waals surface area contributed by atoms with Crippen molar-refractivity contribution in [1.29, 1.82) is 0 Å². The van der Waals surface area contributed by atoms with Gasteiger partial charge in [-0.15, -0.1) is 0 Å². The van der Waals surface area contributed by atoms with Gasteiger partial charge in [-0.25, -0.2) is 0 Å². The van der Waals surface area contributed by atoms with Crippen LogP contribution in [0.2, 0.25) is 0 Å². The lowest BCUT2D eigenvalue weighted by Crippen LogP contribution is -1.89. The van der Waals surface area contributed by atoms with E-state index in [9.17, 15) is 0 Å². The third-order valence-corrected chi connectivity index (χ3v) is 1.57. The van der Waals surface area contributed by atoms with Gasteiger partial charge in [0.25, 0.3) is 0 Å². The first-order valence-electron chi connectivity index (χ1n) is 3.97. The lowest BCUT2D eigenvalue weighted by Gasteiger charge is -1.98. The van der Waals surface area contributed by atoms with Crippen LogP contribution in [0, 0.1) is 0 Å². The van der Waals surface area contributed by atoms with Crippen molar-refractivity contribution in [3.8, 4) is 0 Å². The van der Waals surface area contributed by atoms with Crippen molar-refractivity contribution < 1.29 is 4.74 Å². The van der Waals surface area contributed by atoms with Crippen molar-refractivity contribution in [3.63, 3.8) is 0 Å². The Labute approximate surface area is 68.8 Å². The Morgan fingerprint density at radius 1 is 1.20 bits per heavy atom. The van der Waals surface area contributed by atoms with Crippen LogP contribution in [0.3, 0.4) is 0 Å². The van der Waals surface area contributed by atoms with E-state index in [1.165, 1.54) is 31.2 Å². The number of thiocarbonyl (C=S) groups is 1. The number of hydrogen-bond acceptors (Lipinski definition) is 2. The molecule has 0 aliphatic rings. The minimum Gasteiger partial charge on any atom is -0.490 e. The molecule has 0 aromatic rings. The second-order valence-electron chi connectivity index (χ2n) is 2.38. The molecule has 0 spiro atoms. The van der Waals surface area contributed by atoms with Gasteiger partial charge in [0.2, 0.25) is 0 Å². The topological polar surface area (TPSA) is 9.23 Å². The van der Waals surface area contributed by atoms with Crippen LogP contribution >= 0.6 is 12.2 Å². The van der Waals surface area contributed by atoms with Crippen LogP contribution in [-0.2, 0) is 4.74 Å². The smallest absolute Gasteiger partial charge is 0.146 e. The summed E-state index contributed by atoms with van der Waals surface area (Å²) < 4.78 is 4.90. The van der Waals surface area contributed by atoms with Gasteiger partial charge in [0.15, 0.2) is 0 Å². The summed E-state index contributed by atoms with van der Waals surface area (Å²) in [7, 11) is 0. The van der Waals surface area contributed by atoms with Gasteiger partial charge in [-0.2, -0.15) is 0 Å². The Morgan fingerprint density at radius 2 is 1.90 bits per heavy atom. The Balaban J connectivity index is 2.70. The number of unbranched alkanes of at least 4 members (excludes halogenated alkanes) is 4. The average Bonchev–Trinajstić information content (AvgIpc) is 1.97. The summed E-state index contributed by atoms with van der Waals surface area (Å²) in [6.07, 6.45) is 6.40. The van der Waals surface area contributed by atoms with Crippen molar-refractivity contribution in [1.82, 2.24) is 0 Å². The van der Waals surface area contributed by atoms with E-state index >= 15 is 0 Å². The molecule has 2 heteroatoms. The SMILES string of the molecule is CCCCCCCOC=S. The van der Waals surface area contributed by atoms with Crippen molar-refractivity contribution in [2.24, 2.45) is 0 Å². The minimum atomic E-state index is 0.799. The van der Waals surface area contributed by atoms with Gasteiger partial charge in [0, 0.05) is 0 Å². The fourth-order valence-electron chi connectivity index (χ4n) is 0.837. The van der Waals surface area contributed by atoms with E-state index in [1.54, 1.807) is 0 Å². The molecule has 0 saturated heterocycles. The van der Waals surface area contributed by atoms with Crippen LogP contribution in [0.1, 0.15) is 39.0 Å². The molecule has 0 saturated carbocycles. The molecule has 1 nitrogen and oxygen atoms in total. The predicted molar refractivity (Wildman–Crippen MR) is 48.4 cm³/mol. The van der Waals surface area contributed by atoms with Crippen molar-refractivity contribution in [2.45, 2.75) is 39.0 Å². The van der Waals surface area contributed by atoms with Gasteiger partial charge >= 0.3 is 0 Å². The molecule has 0 unspecified atom stereocenters.